The maximum Gasteiger partial charge on any atom is 0.220 e. The third kappa shape index (κ3) is 6.25. The predicted molar refractivity (Wildman–Crippen MR) is 77.8 cm³/mol. The van der Waals surface area contributed by atoms with Crippen LogP contribution in [0.15, 0.2) is 24.3 Å². The van der Waals surface area contributed by atoms with E-state index in [0.29, 0.717) is 13.0 Å². The van der Waals surface area contributed by atoms with Crippen molar-refractivity contribution in [2.75, 3.05) is 18.9 Å². The van der Waals surface area contributed by atoms with Gasteiger partial charge in [-0.3, -0.25) is 4.79 Å². The number of unbranched alkanes of at least 4 members (excludes halogenated alkanes) is 2. The molecular weight excluding hydrogens is 240 g/mol. The van der Waals surface area contributed by atoms with Crippen molar-refractivity contribution in [3.63, 3.8) is 0 Å². The summed E-state index contributed by atoms with van der Waals surface area (Å²) < 4.78 is 0. The van der Waals surface area contributed by atoms with Crippen molar-refractivity contribution in [3.8, 4) is 0 Å². The van der Waals surface area contributed by atoms with E-state index in [9.17, 15) is 4.79 Å². The van der Waals surface area contributed by atoms with Gasteiger partial charge in [0.15, 0.2) is 0 Å². The third-order valence-electron chi connectivity index (χ3n) is 3.15. The molecule has 1 aromatic carbocycles. The van der Waals surface area contributed by atoms with E-state index in [0.717, 1.165) is 30.5 Å². The van der Waals surface area contributed by atoms with Crippen molar-refractivity contribution < 1.29 is 9.90 Å². The van der Waals surface area contributed by atoms with Crippen molar-refractivity contribution >= 4 is 11.6 Å². The topological polar surface area (TPSA) is 75.3 Å². The van der Waals surface area contributed by atoms with Crippen LogP contribution < -0.4 is 11.1 Å². The molecule has 0 fully saturated rings. The quantitative estimate of drug-likeness (QED) is 0.497. The Bertz CT molecular complexity index is 376. The highest BCUT2D eigenvalue weighted by molar-refractivity contribution is 5.76. The first-order valence-corrected chi connectivity index (χ1v) is 6.86. The van der Waals surface area contributed by atoms with Gasteiger partial charge in [-0.15, -0.1) is 0 Å². The Kier molecular flexibility index (Phi) is 6.97. The van der Waals surface area contributed by atoms with Gasteiger partial charge >= 0.3 is 0 Å². The third-order valence-corrected chi connectivity index (χ3v) is 3.15. The molecule has 0 aliphatic rings. The van der Waals surface area contributed by atoms with Gasteiger partial charge in [0, 0.05) is 25.3 Å². The molecule has 1 unspecified atom stereocenters. The first-order chi connectivity index (χ1) is 9.13. The summed E-state index contributed by atoms with van der Waals surface area (Å²) in [5, 5.41) is 11.6. The van der Waals surface area contributed by atoms with E-state index in [1.165, 1.54) is 0 Å². The molecule has 4 N–H and O–H groups in total. The number of aliphatic hydroxyl groups excluding tert-OH is 1. The maximum atomic E-state index is 11.7. The largest absolute Gasteiger partial charge is 0.399 e. The van der Waals surface area contributed by atoms with Crippen molar-refractivity contribution in [1.82, 2.24) is 5.32 Å². The second-order valence-electron chi connectivity index (χ2n) is 4.91. The predicted octanol–water partition coefficient (Wildman–Crippen LogP) is 2.04. The molecule has 1 atom stereocenters. The molecule has 19 heavy (non-hydrogen) atoms. The highest BCUT2D eigenvalue weighted by Gasteiger charge is 2.10. The van der Waals surface area contributed by atoms with Gasteiger partial charge in [-0.1, -0.05) is 19.1 Å². The fourth-order valence-corrected chi connectivity index (χ4v) is 1.93. The summed E-state index contributed by atoms with van der Waals surface area (Å²) in [5.74, 6) is 0.270. The SMILES string of the molecule is CC(CC(=O)NCCCCCO)c1ccc(N)cc1. The zero-order valence-electron chi connectivity index (χ0n) is 11.6. The number of carbonyl (C=O) groups excluding carboxylic acids is 1. The lowest BCUT2D eigenvalue weighted by Gasteiger charge is -2.12. The summed E-state index contributed by atoms with van der Waals surface area (Å²) in [4.78, 5) is 11.7. The van der Waals surface area contributed by atoms with Crippen LogP contribution in [-0.2, 0) is 4.79 Å². The molecular formula is C15H24N2O2. The second-order valence-corrected chi connectivity index (χ2v) is 4.91. The summed E-state index contributed by atoms with van der Waals surface area (Å²) in [6.07, 6.45) is 3.16. The number of benzene rings is 1. The van der Waals surface area contributed by atoms with Crippen LogP contribution in [0, 0.1) is 0 Å². The van der Waals surface area contributed by atoms with Crippen LogP contribution in [0.3, 0.4) is 0 Å². The van der Waals surface area contributed by atoms with E-state index in [1.54, 1.807) is 0 Å². The molecule has 106 valence electrons. The van der Waals surface area contributed by atoms with Gasteiger partial charge < -0.3 is 16.2 Å². The number of aliphatic hydroxyl groups is 1. The summed E-state index contributed by atoms with van der Waals surface area (Å²) in [6, 6.07) is 7.65. The standard InChI is InChI=1S/C15H24N2O2/c1-12(13-5-7-14(16)8-6-13)11-15(19)17-9-3-2-4-10-18/h5-8,12,18H,2-4,9-11,16H2,1H3,(H,17,19). The normalized spacial score (nSPS) is 12.1. The lowest BCUT2D eigenvalue weighted by Crippen LogP contribution is -2.25. The van der Waals surface area contributed by atoms with Gasteiger partial charge in [0.1, 0.15) is 0 Å². The minimum atomic E-state index is 0.0772. The Labute approximate surface area is 115 Å². The van der Waals surface area contributed by atoms with Gasteiger partial charge in [-0.25, -0.2) is 0 Å². The zero-order chi connectivity index (χ0) is 14.1. The van der Waals surface area contributed by atoms with Gasteiger partial charge in [0.2, 0.25) is 5.91 Å². The number of nitrogens with two attached hydrogens (primary N) is 1. The van der Waals surface area contributed by atoms with E-state index in [1.807, 2.05) is 31.2 Å². The first kappa shape index (κ1) is 15.5. The summed E-state index contributed by atoms with van der Waals surface area (Å²) in [7, 11) is 0. The summed E-state index contributed by atoms with van der Waals surface area (Å²) in [5.41, 5.74) is 7.51. The molecule has 0 spiro atoms. The van der Waals surface area contributed by atoms with E-state index in [-0.39, 0.29) is 18.4 Å². The van der Waals surface area contributed by atoms with E-state index >= 15 is 0 Å². The molecule has 0 aliphatic heterocycles. The van der Waals surface area contributed by atoms with E-state index < -0.39 is 0 Å². The van der Waals surface area contributed by atoms with Crippen LogP contribution in [0.2, 0.25) is 0 Å². The Morgan fingerprint density at radius 3 is 2.58 bits per heavy atom. The number of carbonyl (C=O) groups is 1. The molecule has 4 nitrogen and oxygen atoms in total. The monoisotopic (exact) mass is 264 g/mol. The Balaban J connectivity index is 2.26. The van der Waals surface area contributed by atoms with Crippen LogP contribution in [0.1, 0.15) is 44.1 Å². The van der Waals surface area contributed by atoms with Crippen molar-refractivity contribution in [2.24, 2.45) is 0 Å². The average Bonchev–Trinajstić information content (AvgIpc) is 2.39. The van der Waals surface area contributed by atoms with Crippen LogP contribution >= 0.6 is 0 Å². The lowest BCUT2D eigenvalue weighted by molar-refractivity contribution is -0.121. The van der Waals surface area contributed by atoms with Gasteiger partial charge in [0.05, 0.1) is 0 Å². The number of nitrogen functional groups attached to an aromatic ring is 1. The van der Waals surface area contributed by atoms with E-state index in [4.69, 9.17) is 10.8 Å². The van der Waals surface area contributed by atoms with Crippen molar-refractivity contribution in [1.29, 1.82) is 0 Å². The molecule has 0 aromatic heterocycles. The number of hydrogen-bond acceptors (Lipinski definition) is 3. The number of nitrogens with one attached hydrogen (secondary N) is 1. The zero-order valence-corrected chi connectivity index (χ0v) is 11.6. The van der Waals surface area contributed by atoms with Crippen molar-refractivity contribution in [3.05, 3.63) is 29.8 Å². The van der Waals surface area contributed by atoms with Crippen LogP contribution in [0.4, 0.5) is 5.69 Å². The summed E-state index contributed by atoms with van der Waals surface area (Å²) >= 11 is 0. The van der Waals surface area contributed by atoms with E-state index in [2.05, 4.69) is 5.32 Å². The van der Waals surface area contributed by atoms with Crippen LogP contribution in [-0.4, -0.2) is 24.2 Å². The fraction of sp³-hybridized carbons (Fsp3) is 0.533. The molecule has 0 aliphatic carbocycles. The Morgan fingerprint density at radius 1 is 1.26 bits per heavy atom. The van der Waals surface area contributed by atoms with Crippen LogP contribution in [0.25, 0.3) is 0 Å². The molecule has 1 aromatic rings. The highest BCUT2D eigenvalue weighted by Crippen LogP contribution is 2.19. The second kappa shape index (κ2) is 8.53. The average molecular weight is 264 g/mol. The smallest absolute Gasteiger partial charge is 0.220 e. The fourth-order valence-electron chi connectivity index (χ4n) is 1.93. The van der Waals surface area contributed by atoms with Crippen molar-refractivity contribution in [2.45, 2.75) is 38.5 Å². The van der Waals surface area contributed by atoms with Gasteiger partial charge in [-0.05, 0) is 42.9 Å². The molecule has 4 heteroatoms. The Morgan fingerprint density at radius 2 is 1.95 bits per heavy atom. The summed E-state index contributed by atoms with van der Waals surface area (Å²) in [6.45, 7) is 2.95. The number of hydrogen-bond donors (Lipinski definition) is 3. The maximum absolute atomic E-state index is 11.7. The van der Waals surface area contributed by atoms with Gasteiger partial charge in [-0.2, -0.15) is 0 Å². The Hall–Kier alpha value is -1.55. The van der Waals surface area contributed by atoms with Gasteiger partial charge in [0.25, 0.3) is 0 Å². The number of rotatable bonds is 8. The molecule has 0 saturated heterocycles. The first-order valence-electron chi connectivity index (χ1n) is 6.86. The molecule has 0 saturated carbocycles. The molecule has 1 amide bonds. The minimum absolute atomic E-state index is 0.0772. The molecule has 0 heterocycles. The number of amides is 1. The van der Waals surface area contributed by atoms with Crippen LogP contribution in [0.5, 0.6) is 0 Å². The molecule has 0 bridgehead atoms. The molecule has 0 radical (unpaired) electrons. The minimum Gasteiger partial charge on any atom is -0.399 e. The number of anilines is 1. The molecule has 1 rings (SSSR count). The lowest BCUT2D eigenvalue weighted by atomic mass is 9.97. The highest BCUT2D eigenvalue weighted by atomic mass is 16.2.